The second kappa shape index (κ2) is 10.5. The molecule has 0 fully saturated rings. The number of ether oxygens (including phenoxy) is 1. The molecule has 2 aromatic heterocycles. The number of nitrogens with one attached hydrogen (secondary N) is 2. The molecule has 1 unspecified atom stereocenters. The Bertz CT molecular complexity index is 1840. The normalized spacial score (nSPS) is 15.5. The number of para-hydroxylation sites is 1. The number of alkyl halides is 3. The quantitative estimate of drug-likeness (QED) is 0.297. The molecular weight excluding hydrogens is 563 g/mol. The first-order valence-corrected chi connectivity index (χ1v) is 13.7. The Labute approximate surface area is 232 Å². The fraction of sp³-hybridized carbons (Fsp3) is 0.192. The number of methoxy groups -OCH3 is 1. The second-order valence-electron chi connectivity index (χ2n) is 8.94. The van der Waals surface area contributed by atoms with Gasteiger partial charge in [-0.2, -0.15) is 17.9 Å². The van der Waals surface area contributed by atoms with Crippen LogP contribution in [-0.4, -0.2) is 47.8 Å². The Morgan fingerprint density at radius 1 is 1.15 bits per heavy atom. The molecule has 0 amide bonds. The van der Waals surface area contributed by atoms with E-state index in [9.17, 15) is 26.4 Å². The molecular formula is C26H24F3N7O4S. The Hall–Kier alpha value is -4.47. The van der Waals surface area contributed by atoms with Crippen molar-refractivity contribution in [2.24, 2.45) is 0 Å². The molecule has 2 aromatic carbocycles. The van der Waals surface area contributed by atoms with Crippen LogP contribution in [0.2, 0.25) is 0 Å². The summed E-state index contributed by atoms with van der Waals surface area (Å²) >= 11 is 0. The van der Waals surface area contributed by atoms with Gasteiger partial charge in [-0.05, 0) is 48.9 Å². The van der Waals surface area contributed by atoms with E-state index in [4.69, 9.17) is 10.5 Å². The van der Waals surface area contributed by atoms with Crippen molar-refractivity contribution >= 4 is 26.9 Å². The van der Waals surface area contributed by atoms with E-state index in [1.54, 1.807) is 23.4 Å². The van der Waals surface area contributed by atoms with Gasteiger partial charge in [-0.25, -0.2) is 28.4 Å². The number of hydrazine groups is 1. The zero-order valence-corrected chi connectivity index (χ0v) is 22.5. The van der Waals surface area contributed by atoms with Gasteiger partial charge >= 0.3 is 6.18 Å². The van der Waals surface area contributed by atoms with Crippen LogP contribution in [-0.2, 0) is 16.2 Å². The van der Waals surface area contributed by atoms with Gasteiger partial charge in [0.2, 0.25) is 21.9 Å². The number of nitrogen functional groups attached to an aromatic ring is 1. The number of sulfonamides is 1. The lowest BCUT2D eigenvalue weighted by Crippen LogP contribution is -2.46. The number of aromatic nitrogens is 3. The maximum Gasteiger partial charge on any atom is 0.418 e. The van der Waals surface area contributed by atoms with Crippen molar-refractivity contribution in [1.82, 2.24) is 29.7 Å². The van der Waals surface area contributed by atoms with Crippen molar-refractivity contribution in [2.45, 2.75) is 24.2 Å². The van der Waals surface area contributed by atoms with Gasteiger partial charge in [-0.15, -0.1) is 0 Å². The van der Waals surface area contributed by atoms with E-state index < -0.39 is 45.1 Å². The van der Waals surface area contributed by atoms with Gasteiger partial charge in [0, 0.05) is 24.5 Å². The third kappa shape index (κ3) is 5.33. The van der Waals surface area contributed by atoms with Crippen LogP contribution in [0.1, 0.15) is 12.5 Å². The summed E-state index contributed by atoms with van der Waals surface area (Å²) in [5.74, 6) is -0.578. The Kier molecular flexibility index (Phi) is 7.19. The van der Waals surface area contributed by atoms with E-state index in [1.165, 1.54) is 43.6 Å². The molecule has 214 valence electrons. The van der Waals surface area contributed by atoms with Gasteiger partial charge in [0.15, 0.2) is 0 Å². The van der Waals surface area contributed by atoms with Crippen molar-refractivity contribution < 1.29 is 26.3 Å². The molecule has 5 rings (SSSR count). The maximum absolute atomic E-state index is 13.7. The maximum atomic E-state index is 13.7. The highest BCUT2D eigenvalue weighted by Crippen LogP contribution is 2.34. The van der Waals surface area contributed by atoms with Crippen LogP contribution in [0.4, 0.5) is 19.1 Å². The molecule has 0 saturated heterocycles. The minimum atomic E-state index is -4.75. The zero-order valence-electron chi connectivity index (χ0n) is 21.7. The van der Waals surface area contributed by atoms with E-state index in [0.717, 1.165) is 12.1 Å². The number of nitrogens with two attached hydrogens (primary N) is 1. The fourth-order valence-electron chi connectivity index (χ4n) is 4.41. The van der Waals surface area contributed by atoms with E-state index >= 15 is 0 Å². The average Bonchev–Trinajstić information content (AvgIpc) is 3.39. The molecule has 1 atom stereocenters. The third-order valence-corrected chi connectivity index (χ3v) is 7.80. The molecule has 4 aromatic rings. The van der Waals surface area contributed by atoms with Crippen LogP contribution in [0.25, 0.3) is 27.7 Å². The second-order valence-corrected chi connectivity index (χ2v) is 10.6. The Morgan fingerprint density at radius 3 is 2.59 bits per heavy atom. The molecule has 0 spiro atoms. The minimum Gasteiger partial charge on any atom is -0.480 e. The first kappa shape index (κ1) is 28.1. The summed E-state index contributed by atoms with van der Waals surface area (Å²) < 4.78 is 76.0. The number of rotatable bonds is 7. The van der Waals surface area contributed by atoms with Gasteiger partial charge in [0.1, 0.15) is 11.1 Å². The van der Waals surface area contributed by atoms with Crippen LogP contribution < -0.4 is 26.2 Å². The highest BCUT2D eigenvalue weighted by molar-refractivity contribution is 7.89. The van der Waals surface area contributed by atoms with Crippen molar-refractivity contribution in [3.63, 3.8) is 0 Å². The smallest absolute Gasteiger partial charge is 0.418 e. The van der Waals surface area contributed by atoms with E-state index in [1.807, 2.05) is 6.92 Å². The molecule has 3 heterocycles. The number of fused-ring (bicyclic) bond motifs is 1. The van der Waals surface area contributed by atoms with Crippen LogP contribution in [0.5, 0.6) is 5.88 Å². The standard InChI is InChI=1S/C26H24F3N7O4S/c1-3-35-11-10-22(33-35)34-41(38,39)21-13-16(14-31-23(21)40-2)15-8-9-19-17(12-15)24(37)36(25(30)32-19)20-7-5-4-6-18(20)26(27,28)29/h4-14,22,33-34H,3H2,1-2H3,(H2,30,32). The van der Waals surface area contributed by atoms with Crippen molar-refractivity contribution in [2.75, 3.05) is 19.4 Å². The summed E-state index contributed by atoms with van der Waals surface area (Å²) in [5, 5.41) is 1.67. The number of benzene rings is 2. The monoisotopic (exact) mass is 587 g/mol. The van der Waals surface area contributed by atoms with E-state index in [2.05, 4.69) is 20.1 Å². The fourth-order valence-corrected chi connectivity index (χ4v) is 5.65. The van der Waals surface area contributed by atoms with Gasteiger partial charge in [-0.1, -0.05) is 18.2 Å². The molecule has 1 aliphatic rings. The molecule has 15 heteroatoms. The number of hydrogen-bond donors (Lipinski definition) is 3. The lowest BCUT2D eigenvalue weighted by molar-refractivity contribution is -0.137. The molecule has 11 nitrogen and oxygen atoms in total. The summed E-state index contributed by atoms with van der Waals surface area (Å²) in [6.07, 6.45) is -0.761. The first-order valence-electron chi connectivity index (χ1n) is 12.2. The average molecular weight is 588 g/mol. The zero-order chi connectivity index (χ0) is 29.5. The highest BCUT2D eigenvalue weighted by atomic mass is 32.2. The lowest BCUT2D eigenvalue weighted by atomic mass is 10.1. The predicted molar refractivity (Wildman–Crippen MR) is 145 cm³/mol. The SMILES string of the molecule is CCN1C=CC(NS(=O)(=O)c2cc(-c3ccc4nc(N)n(-c5ccccc5C(F)(F)F)c(=O)c4c3)cnc2OC)N1. The Morgan fingerprint density at radius 2 is 1.90 bits per heavy atom. The number of anilines is 1. The molecule has 41 heavy (non-hydrogen) atoms. The van der Waals surface area contributed by atoms with Gasteiger partial charge in [0.05, 0.1) is 29.3 Å². The Balaban J connectivity index is 1.60. The number of hydrogen-bond acceptors (Lipinski definition) is 9. The number of pyridine rings is 1. The number of halogens is 3. The van der Waals surface area contributed by atoms with Crippen molar-refractivity contribution in [3.05, 3.63) is 82.9 Å². The summed E-state index contributed by atoms with van der Waals surface area (Å²) in [6, 6.07) is 10.3. The summed E-state index contributed by atoms with van der Waals surface area (Å²) in [5.41, 5.74) is 7.35. The number of nitrogens with zero attached hydrogens (tertiary/aromatic N) is 4. The highest BCUT2D eigenvalue weighted by Gasteiger charge is 2.34. The molecule has 0 bridgehead atoms. The van der Waals surface area contributed by atoms with Gasteiger partial charge < -0.3 is 15.5 Å². The molecule has 1 aliphatic heterocycles. The lowest BCUT2D eigenvalue weighted by Gasteiger charge is -2.19. The van der Waals surface area contributed by atoms with Gasteiger partial charge in [0.25, 0.3) is 5.56 Å². The van der Waals surface area contributed by atoms with Gasteiger partial charge in [-0.3, -0.25) is 4.79 Å². The van der Waals surface area contributed by atoms with Crippen molar-refractivity contribution in [1.29, 1.82) is 0 Å². The summed E-state index contributed by atoms with van der Waals surface area (Å²) in [4.78, 5) is 21.5. The molecule has 0 aliphatic carbocycles. The van der Waals surface area contributed by atoms with Crippen LogP contribution >= 0.6 is 0 Å². The van der Waals surface area contributed by atoms with Crippen molar-refractivity contribution in [3.8, 4) is 22.7 Å². The minimum absolute atomic E-state index is 0.0352. The molecule has 0 saturated carbocycles. The van der Waals surface area contributed by atoms with Crippen LogP contribution in [0, 0.1) is 0 Å². The molecule has 4 N–H and O–H groups in total. The predicted octanol–water partition coefficient (Wildman–Crippen LogP) is 3.02. The topological polar surface area (TPSA) is 144 Å². The first-order chi connectivity index (χ1) is 19.4. The van der Waals surface area contributed by atoms with E-state index in [0.29, 0.717) is 22.2 Å². The third-order valence-electron chi connectivity index (χ3n) is 6.37. The van der Waals surface area contributed by atoms with Crippen LogP contribution in [0.3, 0.4) is 0 Å². The molecule has 0 radical (unpaired) electrons. The summed E-state index contributed by atoms with van der Waals surface area (Å²) in [7, 11) is -2.87. The summed E-state index contributed by atoms with van der Waals surface area (Å²) in [6.45, 7) is 2.50. The largest absolute Gasteiger partial charge is 0.480 e. The van der Waals surface area contributed by atoms with Crippen LogP contribution in [0.15, 0.2) is 76.7 Å². The van der Waals surface area contributed by atoms with E-state index in [-0.39, 0.29) is 21.7 Å².